The van der Waals surface area contributed by atoms with E-state index >= 15 is 0 Å². The summed E-state index contributed by atoms with van der Waals surface area (Å²) < 4.78 is 26.8. The fourth-order valence-electron chi connectivity index (χ4n) is 2.62. The molecule has 1 heterocycles. The van der Waals surface area contributed by atoms with Crippen molar-refractivity contribution in [1.29, 1.82) is 0 Å². The van der Waals surface area contributed by atoms with Crippen LogP contribution in [0, 0.1) is 0 Å². The topological polar surface area (TPSA) is 37.4 Å². The third-order valence-corrected chi connectivity index (χ3v) is 5.88. The van der Waals surface area contributed by atoms with Gasteiger partial charge in [-0.25, -0.2) is 8.42 Å². The average molecular weight is 287 g/mol. The molecular formula is C16H17NO2S. The molecule has 0 radical (unpaired) electrons. The van der Waals surface area contributed by atoms with Crippen LogP contribution in [0.5, 0.6) is 0 Å². The van der Waals surface area contributed by atoms with E-state index in [1.165, 1.54) is 0 Å². The first-order chi connectivity index (χ1) is 9.59. The number of hydrogen-bond donors (Lipinski definition) is 0. The standard InChI is InChI=1S/C16H17NO2S/c1-13-11-15-9-5-6-10-16(15)17(20(13,18)19)12-14-7-3-2-4-8-14/h2-10,13H,11-12H2,1H3. The largest absolute Gasteiger partial charge is 0.265 e. The lowest BCUT2D eigenvalue weighted by Gasteiger charge is -2.34. The summed E-state index contributed by atoms with van der Waals surface area (Å²) in [7, 11) is -3.28. The molecule has 104 valence electrons. The van der Waals surface area contributed by atoms with E-state index in [-0.39, 0.29) is 5.25 Å². The summed E-state index contributed by atoms with van der Waals surface area (Å²) in [5.74, 6) is 0. The predicted octanol–water partition coefficient (Wildman–Crippen LogP) is 2.97. The van der Waals surface area contributed by atoms with Gasteiger partial charge in [0.25, 0.3) is 0 Å². The van der Waals surface area contributed by atoms with Crippen LogP contribution in [0.1, 0.15) is 18.1 Å². The summed E-state index contributed by atoms with van der Waals surface area (Å²) in [6, 6.07) is 17.5. The molecule has 3 nitrogen and oxygen atoms in total. The Hall–Kier alpha value is -1.81. The van der Waals surface area contributed by atoms with Crippen LogP contribution in [-0.4, -0.2) is 13.7 Å². The summed E-state index contributed by atoms with van der Waals surface area (Å²) in [5, 5.41) is -0.374. The lowest BCUT2D eigenvalue weighted by Crippen LogP contribution is -2.42. The van der Waals surface area contributed by atoms with Crippen LogP contribution in [0.3, 0.4) is 0 Å². The third-order valence-electron chi connectivity index (χ3n) is 3.75. The van der Waals surface area contributed by atoms with Gasteiger partial charge in [0.2, 0.25) is 10.0 Å². The molecule has 2 aromatic carbocycles. The highest BCUT2D eigenvalue weighted by Gasteiger charge is 2.35. The predicted molar refractivity (Wildman–Crippen MR) is 81.2 cm³/mol. The number of benzene rings is 2. The number of sulfonamides is 1. The minimum atomic E-state index is -3.28. The van der Waals surface area contributed by atoms with Crippen molar-refractivity contribution in [2.45, 2.75) is 25.1 Å². The molecule has 2 aromatic rings. The summed E-state index contributed by atoms with van der Waals surface area (Å²) in [4.78, 5) is 0. The van der Waals surface area contributed by atoms with Crippen molar-refractivity contribution >= 4 is 15.7 Å². The van der Waals surface area contributed by atoms with Gasteiger partial charge in [0.1, 0.15) is 0 Å². The third kappa shape index (κ3) is 2.20. The molecule has 0 saturated heterocycles. The molecule has 0 aliphatic carbocycles. The summed E-state index contributed by atoms with van der Waals surface area (Å²) in [6.07, 6.45) is 0.587. The van der Waals surface area contributed by atoms with E-state index in [0.717, 1.165) is 16.8 Å². The highest BCUT2D eigenvalue weighted by Crippen LogP contribution is 2.33. The Balaban J connectivity index is 2.06. The second-order valence-corrected chi connectivity index (χ2v) is 7.46. The molecule has 1 atom stereocenters. The second kappa shape index (κ2) is 4.94. The second-order valence-electron chi connectivity index (χ2n) is 5.18. The van der Waals surface area contributed by atoms with Gasteiger partial charge in [0, 0.05) is 0 Å². The lowest BCUT2D eigenvalue weighted by molar-refractivity contribution is 0.572. The molecule has 4 heteroatoms. The molecule has 0 N–H and O–H groups in total. The van der Waals surface area contributed by atoms with Crippen molar-refractivity contribution in [2.75, 3.05) is 4.31 Å². The molecule has 0 spiro atoms. The van der Waals surface area contributed by atoms with Crippen LogP contribution in [0.15, 0.2) is 54.6 Å². The molecule has 0 fully saturated rings. The number of rotatable bonds is 2. The maximum Gasteiger partial charge on any atom is 0.238 e. The quantitative estimate of drug-likeness (QED) is 0.851. The zero-order chi connectivity index (χ0) is 14.2. The van der Waals surface area contributed by atoms with Crippen LogP contribution in [0.25, 0.3) is 0 Å². The van der Waals surface area contributed by atoms with Crippen LogP contribution >= 0.6 is 0 Å². The Kier molecular flexibility index (Phi) is 3.26. The normalized spacial score (nSPS) is 20.4. The SMILES string of the molecule is CC1Cc2ccccc2N(Cc2ccccc2)S1(=O)=O. The van der Waals surface area contributed by atoms with Crippen LogP contribution < -0.4 is 4.31 Å². The first-order valence-electron chi connectivity index (χ1n) is 6.72. The van der Waals surface area contributed by atoms with Crippen molar-refractivity contribution in [3.63, 3.8) is 0 Å². The number of para-hydroxylation sites is 1. The minimum absolute atomic E-state index is 0.374. The Labute approximate surface area is 119 Å². The van der Waals surface area contributed by atoms with Crippen molar-refractivity contribution in [3.8, 4) is 0 Å². The number of nitrogens with zero attached hydrogens (tertiary/aromatic N) is 1. The molecule has 1 aliphatic heterocycles. The van der Waals surface area contributed by atoms with Gasteiger partial charge < -0.3 is 0 Å². The zero-order valence-corrected chi connectivity index (χ0v) is 12.2. The van der Waals surface area contributed by atoms with Gasteiger partial charge in [-0.15, -0.1) is 0 Å². The maximum absolute atomic E-state index is 12.6. The highest BCUT2D eigenvalue weighted by atomic mass is 32.2. The highest BCUT2D eigenvalue weighted by molar-refractivity contribution is 7.93. The maximum atomic E-state index is 12.6. The van der Waals surface area contributed by atoms with E-state index in [9.17, 15) is 8.42 Å². The van der Waals surface area contributed by atoms with Crippen molar-refractivity contribution in [2.24, 2.45) is 0 Å². The summed E-state index contributed by atoms with van der Waals surface area (Å²) >= 11 is 0. The van der Waals surface area contributed by atoms with Gasteiger partial charge in [-0.3, -0.25) is 4.31 Å². The van der Waals surface area contributed by atoms with E-state index < -0.39 is 10.0 Å². The molecule has 3 rings (SSSR count). The Morgan fingerprint density at radius 1 is 1.05 bits per heavy atom. The average Bonchev–Trinajstić information content (AvgIpc) is 2.45. The lowest BCUT2D eigenvalue weighted by atomic mass is 10.1. The summed E-state index contributed by atoms with van der Waals surface area (Å²) in [6.45, 7) is 2.17. The first kappa shape index (κ1) is 13.2. The Bertz CT molecular complexity index is 710. The van der Waals surface area contributed by atoms with E-state index in [1.807, 2.05) is 54.6 Å². The molecule has 0 bridgehead atoms. The van der Waals surface area contributed by atoms with Crippen molar-refractivity contribution < 1.29 is 8.42 Å². The van der Waals surface area contributed by atoms with E-state index in [1.54, 1.807) is 11.2 Å². The Morgan fingerprint density at radius 3 is 2.45 bits per heavy atom. The van der Waals surface area contributed by atoms with Gasteiger partial charge >= 0.3 is 0 Å². The molecule has 1 aliphatic rings. The van der Waals surface area contributed by atoms with E-state index in [4.69, 9.17) is 0 Å². The zero-order valence-electron chi connectivity index (χ0n) is 11.4. The molecule has 0 amide bonds. The van der Waals surface area contributed by atoms with E-state index in [2.05, 4.69) is 0 Å². The Morgan fingerprint density at radius 2 is 1.70 bits per heavy atom. The molecule has 0 aromatic heterocycles. The van der Waals surface area contributed by atoms with Crippen LogP contribution in [-0.2, 0) is 23.0 Å². The van der Waals surface area contributed by atoms with Gasteiger partial charge in [0.15, 0.2) is 0 Å². The fourth-order valence-corrected chi connectivity index (χ4v) is 4.23. The molecule has 1 unspecified atom stereocenters. The van der Waals surface area contributed by atoms with Crippen molar-refractivity contribution in [1.82, 2.24) is 0 Å². The van der Waals surface area contributed by atoms with Gasteiger partial charge in [-0.05, 0) is 30.5 Å². The number of hydrogen-bond acceptors (Lipinski definition) is 2. The summed E-state index contributed by atoms with van der Waals surface area (Å²) in [5.41, 5.74) is 2.92. The van der Waals surface area contributed by atoms with Gasteiger partial charge in [-0.1, -0.05) is 48.5 Å². The first-order valence-corrected chi connectivity index (χ1v) is 8.23. The van der Waals surface area contributed by atoms with Gasteiger partial charge in [0.05, 0.1) is 17.5 Å². The van der Waals surface area contributed by atoms with Crippen LogP contribution in [0.4, 0.5) is 5.69 Å². The van der Waals surface area contributed by atoms with Crippen LogP contribution in [0.2, 0.25) is 0 Å². The number of fused-ring (bicyclic) bond motifs is 1. The van der Waals surface area contributed by atoms with Crippen molar-refractivity contribution in [3.05, 3.63) is 65.7 Å². The fraction of sp³-hybridized carbons (Fsp3) is 0.250. The minimum Gasteiger partial charge on any atom is -0.265 e. The molecule has 20 heavy (non-hydrogen) atoms. The monoisotopic (exact) mass is 287 g/mol. The molecule has 0 saturated carbocycles. The van der Waals surface area contributed by atoms with Gasteiger partial charge in [-0.2, -0.15) is 0 Å². The molecular weight excluding hydrogens is 270 g/mol. The number of anilines is 1. The van der Waals surface area contributed by atoms with E-state index in [0.29, 0.717) is 13.0 Å². The smallest absolute Gasteiger partial charge is 0.238 e.